The third kappa shape index (κ3) is 2.77. The van der Waals surface area contributed by atoms with Gasteiger partial charge in [-0.2, -0.15) is 0 Å². The monoisotopic (exact) mass is 261 g/mol. The molecule has 3 N–H and O–H groups in total. The van der Waals surface area contributed by atoms with E-state index in [4.69, 9.17) is 0 Å². The number of thiophene rings is 1. The number of hydrogen-bond donors (Lipinski definition) is 3. The van der Waals surface area contributed by atoms with Crippen LogP contribution in [-0.4, -0.2) is 29.1 Å². The zero-order valence-corrected chi connectivity index (χ0v) is 10.7. The third-order valence-electron chi connectivity index (χ3n) is 2.82. The van der Waals surface area contributed by atoms with Crippen molar-refractivity contribution < 1.29 is 0 Å². The van der Waals surface area contributed by atoms with Crippen LogP contribution in [-0.2, 0) is 6.54 Å². The second-order valence-electron chi connectivity index (χ2n) is 4.22. The normalized spacial score (nSPS) is 15.1. The van der Waals surface area contributed by atoms with Crippen molar-refractivity contribution in [1.82, 2.24) is 15.3 Å². The van der Waals surface area contributed by atoms with E-state index in [0.717, 1.165) is 31.3 Å². The number of nitrogens with zero attached hydrogens (tertiary/aromatic N) is 2. The van der Waals surface area contributed by atoms with Gasteiger partial charge in [0.15, 0.2) is 0 Å². The molecule has 0 radical (unpaired) electrons. The van der Waals surface area contributed by atoms with E-state index in [9.17, 15) is 0 Å². The standard InChI is InChI=1S/C12H15N5S/c1-2-10(18-3-1)7-14-11-4-12(16-8-15-11)17-9-5-13-6-9/h1-4,8-9,13H,5-7H2,(H2,14,15,16,17). The molecular formula is C12H15N5S. The molecule has 0 amide bonds. The average molecular weight is 261 g/mol. The van der Waals surface area contributed by atoms with Crippen molar-refractivity contribution in [2.24, 2.45) is 0 Å². The minimum atomic E-state index is 0.491. The van der Waals surface area contributed by atoms with Gasteiger partial charge < -0.3 is 16.0 Å². The van der Waals surface area contributed by atoms with Crippen molar-refractivity contribution in [3.63, 3.8) is 0 Å². The van der Waals surface area contributed by atoms with Gasteiger partial charge in [0.1, 0.15) is 18.0 Å². The first-order valence-corrected chi connectivity index (χ1v) is 6.84. The molecule has 0 aliphatic carbocycles. The highest BCUT2D eigenvalue weighted by Gasteiger charge is 2.16. The molecule has 0 unspecified atom stereocenters. The number of anilines is 2. The van der Waals surface area contributed by atoms with Gasteiger partial charge in [-0.05, 0) is 11.4 Å². The van der Waals surface area contributed by atoms with Crippen LogP contribution >= 0.6 is 11.3 Å². The molecule has 0 spiro atoms. The maximum atomic E-state index is 4.22. The number of aromatic nitrogens is 2. The topological polar surface area (TPSA) is 61.9 Å². The molecule has 6 heteroatoms. The lowest BCUT2D eigenvalue weighted by Gasteiger charge is -2.28. The molecule has 0 saturated carbocycles. The Morgan fingerprint density at radius 3 is 2.94 bits per heavy atom. The first-order valence-electron chi connectivity index (χ1n) is 5.96. The summed E-state index contributed by atoms with van der Waals surface area (Å²) in [4.78, 5) is 9.73. The lowest BCUT2D eigenvalue weighted by molar-refractivity contribution is 0.471. The Morgan fingerprint density at radius 2 is 2.22 bits per heavy atom. The summed E-state index contributed by atoms with van der Waals surface area (Å²) in [6, 6.07) is 6.60. The molecule has 2 aromatic heterocycles. The third-order valence-corrected chi connectivity index (χ3v) is 3.70. The first kappa shape index (κ1) is 11.4. The molecule has 1 saturated heterocycles. The van der Waals surface area contributed by atoms with E-state index in [2.05, 4.69) is 43.4 Å². The summed E-state index contributed by atoms with van der Waals surface area (Å²) in [5, 5.41) is 12.0. The summed E-state index contributed by atoms with van der Waals surface area (Å²) in [6.45, 7) is 2.81. The minimum absolute atomic E-state index is 0.491. The molecular weight excluding hydrogens is 246 g/mol. The average Bonchev–Trinajstić information content (AvgIpc) is 2.85. The first-order chi connectivity index (χ1) is 8.90. The Labute approximate surface area is 110 Å². The Bertz CT molecular complexity index is 495. The summed E-state index contributed by atoms with van der Waals surface area (Å²) >= 11 is 1.74. The Hall–Kier alpha value is -1.66. The van der Waals surface area contributed by atoms with Crippen LogP contribution in [0.1, 0.15) is 4.88 Å². The second kappa shape index (κ2) is 5.32. The molecule has 1 aliphatic heterocycles. The van der Waals surface area contributed by atoms with Gasteiger partial charge in [-0.1, -0.05) is 6.07 Å². The summed E-state index contributed by atoms with van der Waals surface area (Å²) in [5.41, 5.74) is 0. The van der Waals surface area contributed by atoms with Crippen molar-refractivity contribution in [3.8, 4) is 0 Å². The fraction of sp³-hybridized carbons (Fsp3) is 0.333. The molecule has 1 fully saturated rings. The molecule has 5 nitrogen and oxygen atoms in total. The van der Waals surface area contributed by atoms with Crippen molar-refractivity contribution >= 4 is 23.0 Å². The van der Waals surface area contributed by atoms with E-state index < -0.39 is 0 Å². The number of nitrogens with one attached hydrogen (secondary N) is 3. The minimum Gasteiger partial charge on any atom is -0.365 e. The van der Waals surface area contributed by atoms with Crippen LogP contribution in [0.4, 0.5) is 11.6 Å². The maximum absolute atomic E-state index is 4.22. The molecule has 3 rings (SSSR count). The van der Waals surface area contributed by atoms with Gasteiger partial charge in [0, 0.05) is 24.0 Å². The lowest BCUT2D eigenvalue weighted by Crippen LogP contribution is -2.51. The summed E-state index contributed by atoms with van der Waals surface area (Å²) < 4.78 is 0. The Morgan fingerprint density at radius 1 is 1.33 bits per heavy atom. The van der Waals surface area contributed by atoms with Crippen LogP contribution < -0.4 is 16.0 Å². The SMILES string of the molecule is c1csc(CNc2cc(NC3CNC3)ncn2)c1. The molecule has 0 aromatic carbocycles. The van der Waals surface area contributed by atoms with Gasteiger partial charge in [0.05, 0.1) is 12.6 Å². The van der Waals surface area contributed by atoms with E-state index in [0.29, 0.717) is 6.04 Å². The highest BCUT2D eigenvalue weighted by molar-refractivity contribution is 7.09. The van der Waals surface area contributed by atoms with E-state index >= 15 is 0 Å². The van der Waals surface area contributed by atoms with Crippen LogP contribution in [0.2, 0.25) is 0 Å². The Balaban J connectivity index is 1.59. The van der Waals surface area contributed by atoms with Gasteiger partial charge in [-0.25, -0.2) is 9.97 Å². The van der Waals surface area contributed by atoms with Crippen LogP contribution in [0.3, 0.4) is 0 Å². The second-order valence-corrected chi connectivity index (χ2v) is 5.25. The molecule has 94 valence electrons. The van der Waals surface area contributed by atoms with Gasteiger partial charge >= 0.3 is 0 Å². The van der Waals surface area contributed by atoms with E-state index in [1.807, 2.05) is 6.07 Å². The summed E-state index contributed by atoms with van der Waals surface area (Å²) in [6.07, 6.45) is 1.59. The molecule has 0 atom stereocenters. The maximum Gasteiger partial charge on any atom is 0.131 e. The lowest BCUT2D eigenvalue weighted by atomic mass is 10.2. The fourth-order valence-electron chi connectivity index (χ4n) is 1.72. The summed E-state index contributed by atoms with van der Waals surface area (Å²) in [5.74, 6) is 1.73. The van der Waals surface area contributed by atoms with E-state index in [-0.39, 0.29) is 0 Å². The van der Waals surface area contributed by atoms with Crippen LogP contribution in [0, 0.1) is 0 Å². The smallest absolute Gasteiger partial charge is 0.131 e. The quantitative estimate of drug-likeness (QED) is 0.762. The fourth-order valence-corrected chi connectivity index (χ4v) is 2.37. The van der Waals surface area contributed by atoms with E-state index in [1.165, 1.54) is 4.88 Å². The molecule has 0 bridgehead atoms. The predicted molar refractivity (Wildman–Crippen MR) is 74.0 cm³/mol. The van der Waals surface area contributed by atoms with Gasteiger partial charge in [-0.3, -0.25) is 0 Å². The highest BCUT2D eigenvalue weighted by Crippen LogP contribution is 2.14. The number of hydrogen-bond acceptors (Lipinski definition) is 6. The van der Waals surface area contributed by atoms with Crippen molar-refractivity contribution in [2.75, 3.05) is 23.7 Å². The van der Waals surface area contributed by atoms with Crippen molar-refractivity contribution in [2.45, 2.75) is 12.6 Å². The summed E-state index contributed by atoms with van der Waals surface area (Å²) in [7, 11) is 0. The van der Waals surface area contributed by atoms with Crippen molar-refractivity contribution in [1.29, 1.82) is 0 Å². The zero-order chi connectivity index (χ0) is 12.2. The van der Waals surface area contributed by atoms with Crippen LogP contribution in [0.15, 0.2) is 29.9 Å². The number of rotatable bonds is 5. The van der Waals surface area contributed by atoms with Gasteiger partial charge in [-0.15, -0.1) is 11.3 Å². The largest absolute Gasteiger partial charge is 0.365 e. The zero-order valence-electron chi connectivity index (χ0n) is 9.89. The highest BCUT2D eigenvalue weighted by atomic mass is 32.1. The van der Waals surface area contributed by atoms with Gasteiger partial charge in [0.2, 0.25) is 0 Å². The molecule has 2 aromatic rings. The van der Waals surface area contributed by atoms with E-state index in [1.54, 1.807) is 17.7 Å². The van der Waals surface area contributed by atoms with Crippen LogP contribution in [0.25, 0.3) is 0 Å². The van der Waals surface area contributed by atoms with Gasteiger partial charge in [0.25, 0.3) is 0 Å². The predicted octanol–water partition coefficient (Wildman–Crippen LogP) is 1.53. The molecule has 1 aliphatic rings. The molecule has 18 heavy (non-hydrogen) atoms. The van der Waals surface area contributed by atoms with Crippen LogP contribution in [0.5, 0.6) is 0 Å². The Kier molecular flexibility index (Phi) is 3.38. The van der Waals surface area contributed by atoms with Crippen molar-refractivity contribution in [3.05, 3.63) is 34.8 Å². The molecule has 3 heterocycles.